The summed E-state index contributed by atoms with van der Waals surface area (Å²) in [4.78, 5) is 3.83. The Bertz CT molecular complexity index is 363. The van der Waals surface area contributed by atoms with Crippen LogP contribution in [-0.2, 0) is 17.3 Å². The summed E-state index contributed by atoms with van der Waals surface area (Å²) in [6.45, 7) is 2.91. The van der Waals surface area contributed by atoms with E-state index in [4.69, 9.17) is 4.74 Å². The fraction of sp³-hybridized carbons (Fsp3) is 0.583. The van der Waals surface area contributed by atoms with Crippen molar-refractivity contribution in [3.8, 4) is 0 Å². The third-order valence-corrected chi connectivity index (χ3v) is 2.50. The number of halogens is 3. The summed E-state index contributed by atoms with van der Waals surface area (Å²) in [7, 11) is 1.52. The van der Waals surface area contributed by atoms with Crippen LogP contribution in [0.2, 0.25) is 0 Å². The van der Waals surface area contributed by atoms with E-state index in [9.17, 15) is 13.2 Å². The quantitative estimate of drug-likeness (QED) is 0.854. The highest BCUT2D eigenvalue weighted by Gasteiger charge is 2.34. The number of pyridine rings is 1. The fourth-order valence-electron chi connectivity index (χ4n) is 1.77. The van der Waals surface area contributed by atoms with E-state index in [-0.39, 0.29) is 18.2 Å². The summed E-state index contributed by atoms with van der Waals surface area (Å²) in [5.74, 6) is 0. The molecule has 1 aromatic heterocycles. The predicted octanol–water partition coefficient (Wildman–Crippen LogP) is 2.27. The number of rotatable bonds is 6. The van der Waals surface area contributed by atoms with E-state index in [2.05, 4.69) is 10.3 Å². The summed E-state index contributed by atoms with van der Waals surface area (Å²) < 4.78 is 43.3. The molecule has 1 atom stereocenters. The van der Waals surface area contributed by atoms with Crippen LogP contribution in [-0.4, -0.2) is 31.3 Å². The molecule has 0 aliphatic carbocycles. The van der Waals surface area contributed by atoms with Gasteiger partial charge in [-0.1, -0.05) is 6.92 Å². The Hall–Kier alpha value is -1.14. The van der Waals surface area contributed by atoms with Crippen molar-refractivity contribution >= 4 is 0 Å². The summed E-state index contributed by atoms with van der Waals surface area (Å²) >= 11 is 0. The number of methoxy groups -OCH3 is 1. The van der Waals surface area contributed by atoms with Gasteiger partial charge in [0.15, 0.2) is 0 Å². The van der Waals surface area contributed by atoms with Gasteiger partial charge >= 0.3 is 6.18 Å². The highest BCUT2D eigenvalue weighted by atomic mass is 19.4. The van der Waals surface area contributed by atoms with E-state index < -0.39 is 11.7 Å². The average molecular weight is 262 g/mol. The van der Waals surface area contributed by atoms with E-state index >= 15 is 0 Å². The van der Waals surface area contributed by atoms with Gasteiger partial charge in [-0.25, -0.2) is 0 Å². The van der Waals surface area contributed by atoms with Crippen LogP contribution in [0.1, 0.15) is 18.2 Å². The predicted molar refractivity (Wildman–Crippen MR) is 62.3 cm³/mol. The Kier molecular flexibility index (Phi) is 5.55. The first-order valence-electron chi connectivity index (χ1n) is 5.72. The van der Waals surface area contributed by atoms with E-state index in [1.54, 1.807) is 0 Å². The first-order valence-corrected chi connectivity index (χ1v) is 5.72. The van der Waals surface area contributed by atoms with Gasteiger partial charge in [0.2, 0.25) is 0 Å². The van der Waals surface area contributed by atoms with Crippen LogP contribution >= 0.6 is 0 Å². The molecule has 0 spiro atoms. The number of nitrogens with one attached hydrogen (secondary N) is 1. The SMILES string of the molecule is CCNC(COC)Cc1ncccc1C(F)(F)F. The summed E-state index contributed by atoms with van der Waals surface area (Å²) in [5, 5.41) is 3.08. The topological polar surface area (TPSA) is 34.1 Å². The van der Waals surface area contributed by atoms with Crippen LogP contribution in [0.15, 0.2) is 18.3 Å². The van der Waals surface area contributed by atoms with E-state index in [1.165, 1.54) is 19.4 Å². The van der Waals surface area contributed by atoms with Gasteiger partial charge in [0.05, 0.1) is 17.9 Å². The van der Waals surface area contributed by atoms with Gasteiger partial charge < -0.3 is 10.1 Å². The van der Waals surface area contributed by atoms with Crippen molar-refractivity contribution in [2.45, 2.75) is 25.6 Å². The summed E-state index contributed by atoms with van der Waals surface area (Å²) in [5.41, 5.74) is -0.628. The number of likely N-dealkylation sites (N-methyl/N-ethyl adjacent to an activating group) is 1. The van der Waals surface area contributed by atoms with Gasteiger partial charge in [-0.05, 0) is 18.7 Å². The first-order chi connectivity index (χ1) is 8.49. The highest BCUT2D eigenvalue weighted by molar-refractivity contribution is 5.23. The molecule has 0 radical (unpaired) electrons. The minimum atomic E-state index is -4.37. The minimum absolute atomic E-state index is 0.0491. The lowest BCUT2D eigenvalue weighted by atomic mass is 10.1. The zero-order valence-electron chi connectivity index (χ0n) is 10.4. The third kappa shape index (κ3) is 4.27. The number of ether oxygens (including phenoxy) is 1. The molecule has 3 nitrogen and oxygen atoms in total. The molecule has 0 amide bonds. The molecule has 0 saturated carbocycles. The third-order valence-electron chi connectivity index (χ3n) is 2.50. The average Bonchev–Trinajstić information content (AvgIpc) is 2.29. The van der Waals surface area contributed by atoms with Crippen molar-refractivity contribution in [3.63, 3.8) is 0 Å². The van der Waals surface area contributed by atoms with Crippen molar-refractivity contribution in [2.75, 3.05) is 20.3 Å². The zero-order valence-corrected chi connectivity index (χ0v) is 10.4. The lowest BCUT2D eigenvalue weighted by molar-refractivity contribution is -0.138. The lowest BCUT2D eigenvalue weighted by Gasteiger charge is -2.18. The van der Waals surface area contributed by atoms with Gasteiger partial charge in [0.25, 0.3) is 0 Å². The monoisotopic (exact) mass is 262 g/mol. The van der Waals surface area contributed by atoms with Crippen molar-refractivity contribution in [1.29, 1.82) is 0 Å². The standard InChI is InChI=1S/C12H17F3N2O/c1-3-16-9(8-18-2)7-11-10(12(13,14)15)5-4-6-17-11/h4-6,9,16H,3,7-8H2,1-2H3. The van der Waals surface area contributed by atoms with Crippen molar-refractivity contribution in [1.82, 2.24) is 10.3 Å². The highest BCUT2D eigenvalue weighted by Crippen LogP contribution is 2.31. The van der Waals surface area contributed by atoms with Crippen LogP contribution in [0.5, 0.6) is 0 Å². The molecule has 1 aromatic rings. The Balaban J connectivity index is 2.88. The van der Waals surface area contributed by atoms with Gasteiger partial charge in [0, 0.05) is 25.8 Å². The molecule has 0 saturated heterocycles. The van der Waals surface area contributed by atoms with E-state index in [0.717, 1.165) is 6.07 Å². The van der Waals surface area contributed by atoms with Crippen LogP contribution in [0.4, 0.5) is 13.2 Å². The van der Waals surface area contributed by atoms with E-state index in [1.807, 2.05) is 6.92 Å². The van der Waals surface area contributed by atoms with Crippen molar-refractivity contribution < 1.29 is 17.9 Å². The molecular formula is C12H17F3N2O. The Labute approximate surface area is 104 Å². The first kappa shape index (κ1) is 14.9. The van der Waals surface area contributed by atoms with Crippen molar-refractivity contribution in [2.24, 2.45) is 0 Å². The van der Waals surface area contributed by atoms with Crippen LogP contribution < -0.4 is 5.32 Å². The van der Waals surface area contributed by atoms with Gasteiger partial charge in [-0.15, -0.1) is 0 Å². The van der Waals surface area contributed by atoms with Crippen LogP contribution in [0.3, 0.4) is 0 Å². The van der Waals surface area contributed by atoms with Crippen LogP contribution in [0, 0.1) is 0 Å². The van der Waals surface area contributed by atoms with Gasteiger partial charge in [-0.3, -0.25) is 4.98 Å². The maximum atomic E-state index is 12.8. The Morgan fingerprint density at radius 2 is 2.17 bits per heavy atom. The normalized spacial score (nSPS) is 13.6. The van der Waals surface area contributed by atoms with Crippen LogP contribution in [0.25, 0.3) is 0 Å². The second-order valence-electron chi connectivity index (χ2n) is 3.91. The molecule has 0 aliphatic heterocycles. The molecule has 6 heteroatoms. The second kappa shape index (κ2) is 6.70. The second-order valence-corrected chi connectivity index (χ2v) is 3.91. The molecule has 1 rings (SSSR count). The lowest BCUT2D eigenvalue weighted by Crippen LogP contribution is -2.35. The number of nitrogens with zero attached hydrogens (tertiary/aromatic N) is 1. The Morgan fingerprint density at radius 1 is 1.44 bits per heavy atom. The Morgan fingerprint density at radius 3 is 2.72 bits per heavy atom. The molecule has 1 heterocycles. The molecule has 1 unspecified atom stereocenters. The largest absolute Gasteiger partial charge is 0.418 e. The zero-order chi connectivity index (χ0) is 13.6. The molecule has 0 bridgehead atoms. The number of hydrogen-bond acceptors (Lipinski definition) is 3. The van der Waals surface area contributed by atoms with Crippen molar-refractivity contribution in [3.05, 3.63) is 29.6 Å². The minimum Gasteiger partial charge on any atom is -0.383 e. The van der Waals surface area contributed by atoms with Gasteiger partial charge in [-0.2, -0.15) is 13.2 Å². The molecule has 102 valence electrons. The fourth-order valence-corrected chi connectivity index (χ4v) is 1.77. The molecule has 0 aromatic carbocycles. The molecule has 18 heavy (non-hydrogen) atoms. The summed E-state index contributed by atoms with van der Waals surface area (Å²) in [6.07, 6.45) is -2.80. The molecule has 1 N–H and O–H groups in total. The number of aromatic nitrogens is 1. The number of alkyl halides is 3. The maximum Gasteiger partial charge on any atom is 0.418 e. The number of hydrogen-bond donors (Lipinski definition) is 1. The van der Waals surface area contributed by atoms with Gasteiger partial charge in [0.1, 0.15) is 0 Å². The molecule has 0 aliphatic rings. The molecule has 0 fully saturated rings. The smallest absolute Gasteiger partial charge is 0.383 e. The maximum absolute atomic E-state index is 12.8. The molecular weight excluding hydrogens is 245 g/mol. The van der Waals surface area contributed by atoms with E-state index in [0.29, 0.717) is 13.2 Å². The summed E-state index contributed by atoms with van der Waals surface area (Å²) in [6, 6.07) is 2.18.